The van der Waals surface area contributed by atoms with Crippen LogP contribution in [-0.2, 0) is 9.31 Å². The highest BCUT2D eigenvalue weighted by Crippen LogP contribution is 2.39. The first-order chi connectivity index (χ1) is 9.90. The van der Waals surface area contributed by atoms with Gasteiger partial charge in [-0.25, -0.2) is 4.98 Å². The Kier molecular flexibility index (Phi) is 3.08. The molecule has 0 saturated carbocycles. The molecule has 1 atom stereocenters. The van der Waals surface area contributed by atoms with E-state index in [1.165, 1.54) is 0 Å². The second-order valence-corrected chi connectivity index (χ2v) is 6.11. The van der Waals surface area contributed by atoms with Gasteiger partial charge in [-0.2, -0.15) is 5.26 Å². The molecule has 1 unspecified atom stereocenters. The van der Waals surface area contributed by atoms with E-state index in [-0.39, 0.29) is 11.2 Å². The fraction of sp³-hybridized carbons (Fsp3) is 0.467. The van der Waals surface area contributed by atoms with Gasteiger partial charge in [0, 0.05) is 6.20 Å². The molecule has 0 aromatic carbocycles. The van der Waals surface area contributed by atoms with Crippen LogP contribution >= 0.6 is 0 Å². The summed E-state index contributed by atoms with van der Waals surface area (Å²) in [6.45, 7) is 8.27. The van der Waals surface area contributed by atoms with E-state index < -0.39 is 7.12 Å². The Morgan fingerprint density at radius 3 is 2.71 bits per heavy atom. The van der Waals surface area contributed by atoms with Gasteiger partial charge in [-0.15, -0.1) is 0 Å². The highest BCUT2D eigenvalue weighted by molar-refractivity contribution is 6.62. The van der Waals surface area contributed by atoms with E-state index in [2.05, 4.69) is 24.9 Å². The lowest BCUT2D eigenvalue weighted by Gasteiger charge is -2.35. The minimum Gasteiger partial charge on any atom is -0.399 e. The zero-order valence-electron chi connectivity index (χ0n) is 12.8. The topological polar surface area (TPSA) is 59.5 Å². The predicted octanol–water partition coefficient (Wildman–Crippen LogP) is 1.90. The molecule has 1 saturated heterocycles. The molecule has 0 bridgehead atoms. The van der Waals surface area contributed by atoms with Gasteiger partial charge in [0.05, 0.1) is 17.4 Å². The van der Waals surface area contributed by atoms with Crippen molar-refractivity contribution in [2.45, 2.75) is 45.3 Å². The minimum atomic E-state index is -0.428. The molecule has 1 aliphatic heterocycles. The lowest BCUT2D eigenvalue weighted by Crippen LogP contribution is -2.44. The van der Waals surface area contributed by atoms with Gasteiger partial charge in [0.25, 0.3) is 0 Å². The van der Waals surface area contributed by atoms with Crippen molar-refractivity contribution in [3.8, 4) is 6.07 Å². The smallest absolute Gasteiger partial charge is 0.399 e. The van der Waals surface area contributed by atoms with E-state index in [1.54, 1.807) is 10.6 Å². The van der Waals surface area contributed by atoms with Gasteiger partial charge in [-0.1, -0.05) is 13.0 Å². The van der Waals surface area contributed by atoms with Crippen molar-refractivity contribution in [1.29, 1.82) is 5.26 Å². The van der Waals surface area contributed by atoms with Crippen LogP contribution in [0, 0.1) is 11.3 Å². The standard InChI is InChI=1S/C15H18BN3O2/c1-5-15(4)14(2,3)20-16(21-15)11-6-7-13-18-9-12(8-17)19(13)10-11/h6-7,9-10H,5H2,1-4H3. The summed E-state index contributed by atoms with van der Waals surface area (Å²) in [7, 11) is -0.428. The van der Waals surface area contributed by atoms with Gasteiger partial charge >= 0.3 is 7.12 Å². The number of rotatable bonds is 2. The zero-order valence-corrected chi connectivity index (χ0v) is 12.8. The van der Waals surface area contributed by atoms with E-state index in [1.807, 2.05) is 32.2 Å². The first-order valence-electron chi connectivity index (χ1n) is 7.13. The molecule has 108 valence electrons. The third-order valence-electron chi connectivity index (χ3n) is 4.63. The Morgan fingerprint density at radius 2 is 2.10 bits per heavy atom. The third kappa shape index (κ3) is 2.05. The van der Waals surface area contributed by atoms with Crippen molar-refractivity contribution in [3.63, 3.8) is 0 Å². The van der Waals surface area contributed by atoms with Crippen LogP contribution in [0.3, 0.4) is 0 Å². The first kappa shape index (κ1) is 14.1. The molecule has 1 fully saturated rings. The molecule has 0 aliphatic carbocycles. The van der Waals surface area contributed by atoms with Crippen molar-refractivity contribution in [3.05, 3.63) is 30.2 Å². The molecule has 0 N–H and O–H groups in total. The summed E-state index contributed by atoms with van der Waals surface area (Å²) >= 11 is 0. The maximum absolute atomic E-state index is 9.11. The normalized spacial score (nSPS) is 24.4. The molecule has 2 aromatic rings. The molecule has 21 heavy (non-hydrogen) atoms. The van der Waals surface area contributed by atoms with Crippen LogP contribution in [0.4, 0.5) is 0 Å². The predicted molar refractivity (Wildman–Crippen MR) is 80.2 cm³/mol. The lowest BCUT2D eigenvalue weighted by atomic mass is 9.80. The average molecular weight is 283 g/mol. The monoisotopic (exact) mass is 283 g/mol. The Balaban J connectivity index is 2.01. The van der Waals surface area contributed by atoms with Crippen molar-refractivity contribution >= 4 is 18.2 Å². The Labute approximate surface area is 124 Å². The molecule has 0 radical (unpaired) electrons. The molecular formula is C15H18BN3O2. The average Bonchev–Trinajstić information content (AvgIpc) is 2.97. The van der Waals surface area contributed by atoms with Crippen LogP contribution in [-0.4, -0.2) is 27.7 Å². The number of hydrogen-bond acceptors (Lipinski definition) is 4. The Hall–Kier alpha value is -1.84. The summed E-state index contributed by atoms with van der Waals surface area (Å²) in [4.78, 5) is 4.19. The number of nitrogens with zero attached hydrogens (tertiary/aromatic N) is 3. The highest BCUT2D eigenvalue weighted by Gasteiger charge is 2.53. The van der Waals surface area contributed by atoms with Crippen molar-refractivity contribution in [2.75, 3.05) is 0 Å². The number of aromatic nitrogens is 2. The van der Waals surface area contributed by atoms with Crippen LogP contribution in [0.2, 0.25) is 0 Å². The van der Waals surface area contributed by atoms with Crippen LogP contribution in [0.5, 0.6) is 0 Å². The largest absolute Gasteiger partial charge is 0.496 e. The summed E-state index contributed by atoms with van der Waals surface area (Å²) in [5, 5.41) is 9.11. The fourth-order valence-corrected chi connectivity index (χ4v) is 2.66. The first-order valence-corrected chi connectivity index (χ1v) is 7.13. The number of pyridine rings is 1. The summed E-state index contributed by atoms with van der Waals surface area (Å²) in [6, 6.07) is 5.94. The summed E-state index contributed by atoms with van der Waals surface area (Å²) < 4.78 is 14.0. The molecule has 0 spiro atoms. The number of nitriles is 1. The van der Waals surface area contributed by atoms with Crippen LogP contribution in [0.1, 0.15) is 39.8 Å². The minimum absolute atomic E-state index is 0.334. The fourth-order valence-electron chi connectivity index (χ4n) is 2.66. The number of imidazole rings is 1. The van der Waals surface area contributed by atoms with E-state index in [4.69, 9.17) is 14.6 Å². The quantitative estimate of drug-likeness (QED) is 0.790. The molecule has 1 aliphatic rings. The van der Waals surface area contributed by atoms with Crippen LogP contribution < -0.4 is 5.46 Å². The summed E-state index contributed by atoms with van der Waals surface area (Å²) in [5.74, 6) is 0. The summed E-state index contributed by atoms with van der Waals surface area (Å²) in [5.41, 5.74) is 1.43. The van der Waals surface area contributed by atoms with Crippen molar-refractivity contribution < 1.29 is 9.31 Å². The SMILES string of the molecule is CCC1(C)OB(c2ccc3ncc(C#N)n3c2)OC1(C)C. The van der Waals surface area contributed by atoms with E-state index >= 15 is 0 Å². The molecular weight excluding hydrogens is 265 g/mol. The maximum Gasteiger partial charge on any atom is 0.496 e. The second kappa shape index (κ2) is 4.59. The summed E-state index contributed by atoms with van der Waals surface area (Å²) in [6.07, 6.45) is 4.30. The van der Waals surface area contributed by atoms with E-state index in [0.29, 0.717) is 5.69 Å². The van der Waals surface area contributed by atoms with E-state index in [0.717, 1.165) is 17.5 Å². The van der Waals surface area contributed by atoms with Gasteiger partial charge in [0.1, 0.15) is 17.4 Å². The number of hydrogen-bond donors (Lipinski definition) is 0. The van der Waals surface area contributed by atoms with Crippen molar-refractivity contribution in [1.82, 2.24) is 9.38 Å². The molecule has 5 nitrogen and oxygen atoms in total. The molecule has 2 aromatic heterocycles. The third-order valence-corrected chi connectivity index (χ3v) is 4.63. The highest BCUT2D eigenvalue weighted by atomic mass is 16.7. The van der Waals surface area contributed by atoms with Crippen LogP contribution in [0.25, 0.3) is 5.65 Å². The lowest BCUT2D eigenvalue weighted by molar-refractivity contribution is -0.0118. The van der Waals surface area contributed by atoms with Gasteiger partial charge in [0.15, 0.2) is 0 Å². The maximum atomic E-state index is 9.11. The Bertz CT molecular complexity index is 734. The molecule has 6 heteroatoms. The molecule has 0 amide bonds. The zero-order chi connectivity index (χ0) is 15.3. The molecule has 3 heterocycles. The van der Waals surface area contributed by atoms with Gasteiger partial charge in [-0.05, 0) is 38.7 Å². The van der Waals surface area contributed by atoms with Gasteiger partial charge in [0.2, 0.25) is 0 Å². The van der Waals surface area contributed by atoms with Gasteiger partial charge < -0.3 is 9.31 Å². The van der Waals surface area contributed by atoms with E-state index in [9.17, 15) is 0 Å². The Morgan fingerprint density at radius 1 is 1.33 bits per heavy atom. The number of fused-ring (bicyclic) bond motifs is 1. The van der Waals surface area contributed by atoms with Gasteiger partial charge in [-0.3, -0.25) is 4.40 Å². The van der Waals surface area contributed by atoms with Crippen molar-refractivity contribution in [2.24, 2.45) is 0 Å². The second-order valence-electron chi connectivity index (χ2n) is 6.11. The van der Waals surface area contributed by atoms with Crippen LogP contribution in [0.15, 0.2) is 24.5 Å². The molecule has 3 rings (SSSR count).